The first-order valence-corrected chi connectivity index (χ1v) is 12.8. The highest BCUT2D eigenvalue weighted by Crippen LogP contribution is 2.37. The fourth-order valence-electron chi connectivity index (χ4n) is 3.30. The van der Waals surface area contributed by atoms with Crippen LogP contribution in [0.1, 0.15) is 35.3 Å². The second kappa shape index (κ2) is 9.62. The van der Waals surface area contributed by atoms with Crippen molar-refractivity contribution in [1.82, 2.24) is 9.78 Å². The minimum absolute atomic E-state index is 0.146. The van der Waals surface area contributed by atoms with Gasteiger partial charge >= 0.3 is 0 Å². The number of carbonyl (C=O) groups excluding carboxylic acids is 1. The molecule has 2 heterocycles. The first kappa shape index (κ1) is 21.5. The van der Waals surface area contributed by atoms with Crippen LogP contribution >= 0.6 is 58.3 Å². The Morgan fingerprint density at radius 3 is 2.80 bits per heavy atom. The number of carbonyl (C=O) groups is 1. The molecule has 0 fully saturated rings. The van der Waals surface area contributed by atoms with E-state index in [1.54, 1.807) is 28.2 Å². The van der Waals surface area contributed by atoms with Gasteiger partial charge in [-0.1, -0.05) is 41.1 Å². The molecule has 0 radical (unpaired) electrons. The number of hydrogen-bond donors (Lipinski definition) is 1. The normalized spacial score (nSPS) is 13.3. The van der Waals surface area contributed by atoms with Gasteiger partial charge in [0, 0.05) is 9.90 Å². The Balaban J connectivity index is 1.43. The Morgan fingerprint density at radius 1 is 1.27 bits per heavy atom. The van der Waals surface area contributed by atoms with Crippen LogP contribution in [-0.4, -0.2) is 21.4 Å². The molecule has 3 aromatic rings. The average Bonchev–Trinajstić information content (AvgIpc) is 3.17. The summed E-state index contributed by atoms with van der Waals surface area (Å²) in [7, 11) is 0. The first-order chi connectivity index (χ1) is 14.5. The largest absolute Gasteiger partial charge is 0.316 e. The van der Waals surface area contributed by atoms with Gasteiger partial charge in [-0.25, -0.2) is 4.68 Å². The van der Waals surface area contributed by atoms with E-state index < -0.39 is 0 Å². The maximum absolute atomic E-state index is 12.5. The molecule has 0 unspecified atom stereocenters. The predicted octanol–water partition coefficient (Wildman–Crippen LogP) is 6.25. The van der Waals surface area contributed by atoms with Crippen molar-refractivity contribution in [1.29, 1.82) is 5.26 Å². The fraction of sp³-hybridized carbons (Fsp3) is 0.300. The Morgan fingerprint density at radius 2 is 2.03 bits per heavy atom. The molecule has 0 saturated heterocycles. The molecule has 1 aromatic carbocycles. The zero-order chi connectivity index (χ0) is 21.1. The summed E-state index contributed by atoms with van der Waals surface area (Å²) in [4.78, 5) is 13.8. The number of rotatable bonds is 5. The minimum atomic E-state index is -0.146. The molecule has 0 atom stereocenters. The SMILES string of the molecule is N#Cc1c(NC(=O)CSc2nn(-c3ccc(Cl)cc3)c(=S)s2)sc2c1CCCCC2. The topological polar surface area (TPSA) is 70.7 Å². The fourth-order valence-corrected chi connectivity index (χ4v) is 6.85. The van der Waals surface area contributed by atoms with Crippen molar-refractivity contribution in [3.05, 3.63) is 49.2 Å². The lowest BCUT2D eigenvalue weighted by molar-refractivity contribution is -0.113. The summed E-state index contributed by atoms with van der Waals surface area (Å²) in [5.74, 6) is 0.0585. The van der Waals surface area contributed by atoms with Crippen LogP contribution in [0.25, 0.3) is 5.69 Å². The number of amides is 1. The van der Waals surface area contributed by atoms with Crippen molar-refractivity contribution >= 4 is 69.2 Å². The third-order valence-corrected chi connectivity index (χ3v) is 8.54. The summed E-state index contributed by atoms with van der Waals surface area (Å²) >= 11 is 15.6. The van der Waals surface area contributed by atoms with E-state index in [-0.39, 0.29) is 11.7 Å². The number of nitrogens with one attached hydrogen (secondary N) is 1. The molecule has 1 aliphatic carbocycles. The van der Waals surface area contributed by atoms with Crippen molar-refractivity contribution in [2.45, 2.75) is 36.4 Å². The number of thioether (sulfide) groups is 1. The Bertz CT molecular complexity index is 1170. The molecule has 30 heavy (non-hydrogen) atoms. The molecule has 154 valence electrons. The molecule has 10 heteroatoms. The molecule has 1 aliphatic rings. The summed E-state index contributed by atoms with van der Waals surface area (Å²) in [5.41, 5.74) is 2.59. The number of benzene rings is 1. The number of nitrogens with zero attached hydrogens (tertiary/aromatic N) is 3. The van der Waals surface area contributed by atoms with E-state index >= 15 is 0 Å². The van der Waals surface area contributed by atoms with Gasteiger partial charge in [0.25, 0.3) is 0 Å². The summed E-state index contributed by atoms with van der Waals surface area (Å²) in [6.45, 7) is 0. The lowest BCUT2D eigenvalue weighted by atomic mass is 10.1. The second-order valence-electron chi connectivity index (χ2n) is 6.74. The second-order valence-corrected chi connectivity index (χ2v) is 11.1. The van der Waals surface area contributed by atoms with Crippen molar-refractivity contribution in [3.63, 3.8) is 0 Å². The van der Waals surface area contributed by atoms with E-state index in [0.29, 0.717) is 23.9 Å². The number of hydrogen-bond acceptors (Lipinski definition) is 7. The number of anilines is 1. The quantitative estimate of drug-likeness (QED) is 0.259. The number of aromatic nitrogens is 2. The number of thiophene rings is 1. The molecule has 1 N–H and O–H groups in total. The van der Waals surface area contributed by atoms with Crippen molar-refractivity contribution < 1.29 is 4.79 Å². The van der Waals surface area contributed by atoms with Crippen LogP contribution in [0.4, 0.5) is 5.00 Å². The van der Waals surface area contributed by atoms with Gasteiger partial charge in [-0.3, -0.25) is 4.79 Å². The van der Waals surface area contributed by atoms with Gasteiger partial charge < -0.3 is 5.32 Å². The maximum atomic E-state index is 12.5. The molecule has 0 aliphatic heterocycles. The predicted molar refractivity (Wildman–Crippen MR) is 127 cm³/mol. The maximum Gasteiger partial charge on any atom is 0.235 e. The monoisotopic (exact) mass is 492 g/mol. The zero-order valence-corrected chi connectivity index (χ0v) is 19.8. The third-order valence-electron chi connectivity index (χ3n) is 4.71. The Hall–Kier alpha value is -1.70. The van der Waals surface area contributed by atoms with Crippen molar-refractivity contribution in [3.8, 4) is 11.8 Å². The molecule has 0 spiro atoms. The van der Waals surface area contributed by atoms with Crippen molar-refractivity contribution in [2.24, 2.45) is 0 Å². The van der Waals surface area contributed by atoms with Gasteiger partial charge in [0.1, 0.15) is 11.1 Å². The van der Waals surface area contributed by atoms with Crippen LogP contribution < -0.4 is 5.32 Å². The lowest BCUT2D eigenvalue weighted by Crippen LogP contribution is -2.14. The zero-order valence-electron chi connectivity index (χ0n) is 15.8. The molecular weight excluding hydrogens is 476 g/mol. The number of aryl methyl sites for hydroxylation is 1. The average molecular weight is 493 g/mol. The van der Waals surface area contributed by atoms with Gasteiger partial charge in [-0.15, -0.1) is 16.4 Å². The van der Waals surface area contributed by atoms with E-state index in [1.165, 1.54) is 34.4 Å². The first-order valence-electron chi connectivity index (χ1n) is 9.38. The minimum Gasteiger partial charge on any atom is -0.316 e. The van der Waals surface area contributed by atoms with E-state index in [1.807, 2.05) is 12.1 Å². The summed E-state index contributed by atoms with van der Waals surface area (Å²) in [5, 5.41) is 18.4. The van der Waals surface area contributed by atoms with E-state index in [9.17, 15) is 10.1 Å². The van der Waals surface area contributed by atoms with Gasteiger partial charge in [-0.2, -0.15) is 5.26 Å². The number of halogens is 1. The molecule has 2 aromatic heterocycles. The molecule has 0 bridgehead atoms. The summed E-state index contributed by atoms with van der Waals surface area (Å²) in [6, 6.07) is 9.57. The van der Waals surface area contributed by atoms with Crippen LogP contribution in [0.2, 0.25) is 5.02 Å². The summed E-state index contributed by atoms with van der Waals surface area (Å²) in [6.07, 6.45) is 5.35. The lowest BCUT2D eigenvalue weighted by Gasteiger charge is -2.03. The summed E-state index contributed by atoms with van der Waals surface area (Å²) < 4.78 is 2.99. The molecule has 4 rings (SSSR count). The van der Waals surface area contributed by atoms with Gasteiger partial charge in [0.15, 0.2) is 8.29 Å². The Kier molecular flexibility index (Phi) is 6.91. The van der Waals surface area contributed by atoms with Gasteiger partial charge in [-0.05, 0) is 67.7 Å². The van der Waals surface area contributed by atoms with Gasteiger partial charge in [0.05, 0.1) is 17.0 Å². The van der Waals surface area contributed by atoms with Crippen LogP contribution in [0, 0.1) is 15.3 Å². The molecule has 1 amide bonds. The smallest absolute Gasteiger partial charge is 0.235 e. The number of fused-ring (bicyclic) bond motifs is 1. The van der Waals surface area contributed by atoms with E-state index in [4.69, 9.17) is 23.8 Å². The van der Waals surface area contributed by atoms with E-state index in [2.05, 4.69) is 16.5 Å². The number of nitriles is 1. The van der Waals surface area contributed by atoms with Crippen LogP contribution in [0.15, 0.2) is 28.6 Å². The molecular formula is C20H17ClN4OS4. The van der Waals surface area contributed by atoms with Crippen LogP contribution in [-0.2, 0) is 17.6 Å². The van der Waals surface area contributed by atoms with Crippen molar-refractivity contribution in [2.75, 3.05) is 11.1 Å². The highest BCUT2D eigenvalue weighted by atomic mass is 35.5. The van der Waals surface area contributed by atoms with Crippen LogP contribution in [0.5, 0.6) is 0 Å². The molecule has 5 nitrogen and oxygen atoms in total. The highest BCUT2D eigenvalue weighted by molar-refractivity contribution is 8.01. The third kappa shape index (κ3) is 4.79. The highest BCUT2D eigenvalue weighted by Gasteiger charge is 2.21. The Labute approximate surface area is 196 Å². The molecule has 0 saturated carbocycles. The van der Waals surface area contributed by atoms with E-state index in [0.717, 1.165) is 36.9 Å². The standard InChI is InChI=1S/C20H17ClN4OS4/c21-12-6-8-13(9-7-12)25-20(27)30-19(24-25)28-11-17(26)23-18-15(10-22)14-4-2-1-3-5-16(14)29-18/h6-9H,1-5,11H2,(H,23,26). The van der Waals surface area contributed by atoms with Gasteiger partial charge in [0.2, 0.25) is 5.91 Å². The van der Waals surface area contributed by atoms with Crippen LogP contribution in [0.3, 0.4) is 0 Å².